The second kappa shape index (κ2) is 8.43. The molecule has 0 aliphatic carbocycles. The molecular formula is C24H19N3O5. The van der Waals surface area contributed by atoms with Crippen LogP contribution in [-0.2, 0) is 9.63 Å². The summed E-state index contributed by atoms with van der Waals surface area (Å²) in [6, 6.07) is 19.4. The van der Waals surface area contributed by atoms with E-state index in [1.54, 1.807) is 31.2 Å². The number of fused-ring (bicyclic) bond motifs is 3. The number of aromatic nitrogens is 1. The van der Waals surface area contributed by atoms with Gasteiger partial charge in [0.1, 0.15) is 5.71 Å². The largest absolute Gasteiger partial charge is 0.331 e. The first-order valence-electron chi connectivity index (χ1n) is 9.98. The van der Waals surface area contributed by atoms with Crippen LogP contribution in [-0.4, -0.2) is 27.0 Å². The number of carbonyl (C=O) groups is 2. The van der Waals surface area contributed by atoms with Gasteiger partial charge in [-0.1, -0.05) is 30.3 Å². The molecule has 0 saturated heterocycles. The molecule has 0 amide bonds. The van der Waals surface area contributed by atoms with Crippen molar-refractivity contribution < 1.29 is 19.3 Å². The Morgan fingerprint density at radius 1 is 1.00 bits per heavy atom. The van der Waals surface area contributed by atoms with Crippen molar-refractivity contribution in [3.63, 3.8) is 0 Å². The van der Waals surface area contributed by atoms with Crippen LogP contribution < -0.4 is 0 Å². The van der Waals surface area contributed by atoms with E-state index < -0.39 is 10.9 Å². The molecular weight excluding hydrogens is 410 g/mol. The second-order valence-electron chi connectivity index (χ2n) is 7.16. The molecule has 4 aromatic rings. The van der Waals surface area contributed by atoms with Crippen LogP contribution in [0.1, 0.15) is 30.6 Å². The molecule has 0 radical (unpaired) electrons. The van der Waals surface area contributed by atoms with E-state index in [4.69, 9.17) is 0 Å². The van der Waals surface area contributed by atoms with Crippen molar-refractivity contribution in [2.75, 3.05) is 0 Å². The third kappa shape index (κ3) is 3.74. The van der Waals surface area contributed by atoms with Gasteiger partial charge in [-0.25, -0.2) is 4.79 Å². The molecule has 0 atom stereocenters. The standard InChI is InChI=1S/C24H19N3O5/c1-3-21(25-32-15(2)28)24(29)16-8-13-23-20(14-16)19-6-4-5-7-22(19)26(23)17-9-11-18(12-10-17)27(30)31/h4-14H,3H2,1-2H3. The summed E-state index contributed by atoms with van der Waals surface area (Å²) in [5.41, 5.74) is 3.13. The van der Waals surface area contributed by atoms with Crippen molar-refractivity contribution in [1.82, 2.24) is 4.57 Å². The molecule has 0 unspecified atom stereocenters. The molecule has 0 aliphatic rings. The molecule has 0 N–H and O–H groups in total. The van der Waals surface area contributed by atoms with E-state index in [0.29, 0.717) is 12.0 Å². The SMILES string of the molecule is CCC(=NOC(C)=O)C(=O)c1ccc2c(c1)c1ccccc1n2-c1ccc([N+](=O)[O-])cc1. The number of Topliss-reactive ketones (excluding diaryl/α,β-unsaturated/α-hetero) is 1. The molecule has 0 fully saturated rings. The van der Waals surface area contributed by atoms with Crippen LogP contribution in [0.2, 0.25) is 0 Å². The topological polar surface area (TPSA) is 104 Å². The maximum absolute atomic E-state index is 13.0. The summed E-state index contributed by atoms with van der Waals surface area (Å²) in [6.45, 7) is 2.99. The quantitative estimate of drug-likeness (QED) is 0.138. The highest BCUT2D eigenvalue weighted by Gasteiger charge is 2.18. The second-order valence-corrected chi connectivity index (χ2v) is 7.16. The zero-order chi connectivity index (χ0) is 22.8. The number of hydrogen-bond acceptors (Lipinski definition) is 6. The van der Waals surface area contributed by atoms with Crippen LogP contribution in [0.15, 0.2) is 71.9 Å². The number of oxime groups is 1. The highest BCUT2D eigenvalue weighted by Crippen LogP contribution is 2.33. The molecule has 8 heteroatoms. The van der Waals surface area contributed by atoms with E-state index in [9.17, 15) is 19.7 Å². The smallest absolute Gasteiger partial charge is 0.318 e. The van der Waals surface area contributed by atoms with Gasteiger partial charge in [0.2, 0.25) is 5.78 Å². The Balaban J connectivity index is 1.87. The van der Waals surface area contributed by atoms with Crippen LogP contribution in [0.25, 0.3) is 27.5 Å². The number of ketones is 1. The predicted octanol–water partition coefficient (Wildman–Crippen LogP) is 5.20. The van der Waals surface area contributed by atoms with E-state index in [1.807, 2.05) is 34.9 Å². The van der Waals surface area contributed by atoms with Crippen LogP contribution >= 0.6 is 0 Å². The Bertz CT molecular complexity index is 1400. The van der Waals surface area contributed by atoms with Crippen LogP contribution in [0.5, 0.6) is 0 Å². The van der Waals surface area contributed by atoms with Crippen LogP contribution in [0, 0.1) is 10.1 Å². The van der Waals surface area contributed by atoms with Gasteiger partial charge in [0.25, 0.3) is 5.69 Å². The number of benzene rings is 3. The minimum absolute atomic E-state index is 0.0153. The molecule has 0 saturated carbocycles. The first-order valence-corrected chi connectivity index (χ1v) is 9.98. The first-order chi connectivity index (χ1) is 15.4. The van der Waals surface area contributed by atoms with E-state index in [1.165, 1.54) is 19.1 Å². The van der Waals surface area contributed by atoms with Crippen molar-refractivity contribution in [2.45, 2.75) is 20.3 Å². The fourth-order valence-corrected chi connectivity index (χ4v) is 3.67. The molecule has 4 rings (SSSR count). The van der Waals surface area contributed by atoms with Gasteiger partial charge in [0.05, 0.1) is 16.0 Å². The first kappa shape index (κ1) is 20.9. The highest BCUT2D eigenvalue weighted by atomic mass is 16.7. The van der Waals surface area contributed by atoms with Gasteiger partial charge in [0.15, 0.2) is 0 Å². The van der Waals surface area contributed by atoms with E-state index >= 15 is 0 Å². The third-order valence-corrected chi connectivity index (χ3v) is 5.13. The Hall–Kier alpha value is -4.33. The number of hydrogen-bond donors (Lipinski definition) is 0. The highest BCUT2D eigenvalue weighted by molar-refractivity contribution is 6.46. The number of para-hydroxylation sites is 1. The number of nitro benzene ring substituents is 1. The minimum Gasteiger partial charge on any atom is -0.318 e. The molecule has 3 aromatic carbocycles. The molecule has 8 nitrogen and oxygen atoms in total. The maximum atomic E-state index is 13.0. The van der Waals surface area contributed by atoms with Crippen molar-refractivity contribution in [3.8, 4) is 5.69 Å². The van der Waals surface area contributed by atoms with Gasteiger partial charge in [-0.3, -0.25) is 14.9 Å². The van der Waals surface area contributed by atoms with Gasteiger partial charge in [-0.2, -0.15) is 0 Å². The number of rotatable bonds is 6. The number of non-ortho nitro benzene ring substituents is 1. The third-order valence-electron chi connectivity index (χ3n) is 5.13. The Labute approximate surface area is 182 Å². The Morgan fingerprint density at radius 3 is 2.34 bits per heavy atom. The van der Waals surface area contributed by atoms with Crippen molar-refractivity contribution in [3.05, 3.63) is 82.4 Å². The summed E-state index contributed by atoms with van der Waals surface area (Å²) in [7, 11) is 0. The lowest BCUT2D eigenvalue weighted by Crippen LogP contribution is -2.14. The van der Waals surface area contributed by atoms with E-state index in [0.717, 1.165) is 27.5 Å². The van der Waals surface area contributed by atoms with E-state index in [2.05, 4.69) is 9.99 Å². The Morgan fingerprint density at radius 2 is 1.69 bits per heavy atom. The van der Waals surface area contributed by atoms with E-state index in [-0.39, 0.29) is 17.2 Å². The maximum Gasteiger partial charge on any atom is 0.331 e. The Kier molecular flexibility index (Phi) is 5.51. The molecule has 0 aliphatic heterocycles. The lowest BCUT2D eigenvalue weighted by atomic mass is 10.0. The summed E-state index contributed by atoms with van der Waals surface area (Å²) in [6.07, 6.45) is 0.314. The molecule has 0 spiro atoms. The lowest BCUT2D eigenvalue weighted by Gasteiger charge is -2.08. The molecule has 0 bridgehead atoms. The number of nitrogens with zero attached hydrogens (tertiary/aromatic N) is 3. The van der Waals surface area contributed by atoms with Crippen molar-refractivity contribution in [1.29, 1.82) is 0 Å². The van der Waals surface area contributed by atoms with Crippen molar-refractivity contribution in [2.24, 2.45) is 5.16 Å². The lowest BCUT2D eigenvalue weighted by molar-refractivity contribution is -0.384. The average Bonchev–Trinajstić information content (AvgIpc) is 3.13. The molecule has 32 heavy (non-hydrogen) atoms. The minimum atomic E-state index is -0.592. The van der Waals surface area contributed by atoms with Crippen molar-refractivity contribution >= 4 is 45.0 Å². The predicted molar refractivity (Wildman–Crippen MR) is 121 cm³/mol. The van der Waals surface area contributed by atoms with Gasteiger partial charge in [-0.15, -0.1) is 0 Å². The normalized spacial score (nSPS) is 11.6. The van der Waals surface area contributed by atoms with Gasteiger partial charge in [-0.05, 0) is 42.8 Å². The van der Waals surface area contributed by atoms with Gasteiger partial charge in [0, 0.05) is 41.1 Å². The van der Waals surface area contributed by atoms with Crippen LogP contribution in [0.4, 0.5) is 5.69 Å². The fourth-order valence-electron chi connectivity index (χ4n) is 3.67. The monoisotopic (exact) mass is 429 g/mol. The number of carbonyl (C=O) groups excluding carboxylic acids is 2. The molecule has 160 valence electrons. The molecule has 1 aromatic heterocycles. The summed E-state index contributed by atoms with van der Waals surface area (Å²) in [5.74, 6) is -0.909. The summed E-state index contributed by atoms with van der Waals surface area (Å²) in [5, 5.41) is 16.5. The van der Waals surface area contributed by atoms with Gasteiger partial charge < -0.3 is 9.40 Å². The average molecular weight is 429 g/mol. The number of nitro groups is 1. The summed E-state index contributed by atoms with van der Waals surface area (Å²) in [4.78, 5) is 39.3. The zero-order valence-electron chi connectivity index (χ0n) is 17.4. The van der Waals surface area contributed by atoms with Crippen LogP contribution in [0.3, 0.4) is 0 Å². The fraction of sp³-hybridized carbons (Fsp3) is 0.125. The summed E-state index contributed by atoms with van der Waals surface area (Å²) >= 11 is 0. The summed E-state index contributed by atoms with van der Waals surface area (Å²) < 4.78 is 2.00. The van der Waals surface area contributed by atoms with Gasteiger partial charge >= 0.3 is 5.97 Å². The molecule has 1 heterocycles. The zero-order valence-corrected chi connectivity index (χ0v) is 17.4.